The highest BCUT2D eigenvalue weighted by Gasteiger charge is 2.07. The van der Waals surface area contributed by atoms with Crippen LogP contribution in [-0.4, -0.2) is 17.0 Å². The number of aromatic nitrogens is 2. The van der Waals surface area contributed by atoms with E-state index in [9.17, 15) is 0 Å². The van der Waals surface area contributed by atoms with Gasteiger partial charge in [-0.2, -0.15) is 0 Å². The standard InChI is InChI=1S/C16H15N3/c1-11-7-8-18-15(9-11)16-10-14(17-2)12-5-3-4-6-13(12)19-16/h3-10H,1-2H3,(H,17,19). The Morgan fingerprint density at radius 2 is 1.84 bits per heavy atom. The van der Waals surface area contributed by atoms with Crippen LogP contribution in [0.2, 0.25) is 0 Å². The fourth-order valence-corrected chi connectivity index (χ4v) is 2.19. The highest BCUT2D eigenvalue weighted by Crippen LogP contribution is 2.27. The minimum atomic E-state index is 0.895. The van der Waals surface area contributed by atoms with Crippen LogP contribution in [0.4, 0.5) is 5.69 Å². The Kier molecular flexibility index (Phi) is 2.88. The molecule has 3 aromatic rings. The molecule has 0 saturated heterocycles. The molecule has 0 aliphatic rings. The Balaban J connectivity index is 2.25. The number of nitrogens with zero attached hydrogens (tertiary/aromatic N) is 2. The molecule has 0 bridgehead atoms. The number of hydrogen-bond acceptors (Lipinski definition) is 3. The second-order valence-electron chi connectivity index (χ2n) is 4.54. The molecule has 3 nitrogen and oxygen atoms in total. The second kappa shape index (κ2) is 4.69. The quantitative estimate of drug-likeness (QED) is 0.753. The highest BCUT2D eigenvalue weighted by molar-refractivity contribution is 5.93. The molecular weight excluding hydrogens is 234 g/mol. The molecule has 94 valence electrons. The van der Waals surface area contributed by atoms with E-state index in [1.54, 1.807) is 0 Å². The lowest BCUT2D eigenvalue weighted by Crippen LogP contribution is -1.95. The van der Waals surface area contributed by atoms with Crippen molar-refractivity contribution in [1.82, 2.24) is 9.97 Å². The van der Waals surface area contributed by atoms with E-state index in [4.69, 9.17) is 4.98 Å². The summed E-state index contributed by atoms with van der Waals surface area (Å²) in [5.41, 5.74) is 5.04. The number of fused-ring (bicyclic) bond motifs is 1. The van der Waals surface area contributed by atoms with Crippen molar-refractivity contribution in [2.45, 2.75) is 6.92 Å². The lowest BCUT2D eigenvalue weighted by molar-refractivity contribution is 1.25. The minimum absolute atomic E-state index is 0.895. The van der Waals surface area contributed by atoms with Gasteiger partial charge in [-0.15, -0.1) is 0 Å². The maximum Gasteiger partial charge on any atom is 0.0914 e. The van der Waals surface area contributed by atoms with Crippen molar-refractivity contribution in [2.75, 3.05) is 12.4 Å². The first kappa shape index (κ1) is 11.7. The molecule has 19 heavy (non-hydrogen) atoms. The Morgan fingerprint density at radius 1 is 1.00 bits per heavy atom. The first-order valence-electron chi connectivity index (χ1n) is 6.28. The van der Waals surface area contributed by atoms with Crippen molar-refractivity contribution in [3.05, 3.63) is 54.2 Å². The van der Waals surface area contributed by atoms with E-state index in [1.165, 1.54) is 5.56 Å². The van der Waals surface area contributed by atoms with E-state index in [2.05, 4.69) is 29.4 Å². The molecule has 2 aromatic heterocycles. The van der Waals surface area contributed by atoms with Crippen LogP contribution >= 0.6 is 0 Å². The zero-order valence-corrected chi connectivity index (χ0v) is 11.0. The number of hydrogen-bond donors (Lipinski definition) is 1. The first-order valence-corrected chi connectivity index (χ1v) is 6.28. The lowest BCUT2D eigenvalue weighted by atomic mass is 10.1. The average Bonchev–Trinajstić information content (AvgIpc) is 2.46. The van der Waals surface area contributed by atoms with Gasteiger partial charge in [0.1, 0.15) is 0 Å². The van der Waals surface area contributed by atoms with E-state index in [0.29, 0.717) is 0 Å². The zero-order valence-electron chi connectivity index (χ0n) is 11.0. The largest absolute Gasteiger partial charge is 0.388 e. The van der Waals surface area contributed by atoms with Crippen LogP contribution in [0.3, 0.4) is 0 Å². The topological polar surface area (TPSA) is 37.8 Å². The minimum Gasteiger partial charge on any atom is -0.388 e. The van der Waals surface area contributed by atoms with Crippen LogP contribution in [0, 0.1) is 6.92 Å². The van der Waals surface area contributed by atoms with Crippen molar-refractivity contribution in [2.24, 2.45) is 0 Å². The van der Waals surface area contributed by atoms with Gasteiger partial charge in [0.2, 0.25) is 0 Å². The van der Waals surface area contributed by atoms with Gasteiger partial charge in [0.25, 0.3) is 0 Å². The molecule has 0 radical (unpaired) electrons. The third-order valence-electron chi connectivity index (χ3n) is 3.16. The van der Waals surface area contributed by atoms with Gasteiger partial charge in [-0.1, -0.05) is 18.2 Å². The van der Waals surface area contributed by atoms with Gasteiger partial charge in [-0.3, -0.25) is 4.98 Å². The van der Waals surface area contributed by atoms with Crippen molar-refractivity contribution in [3.63, 3.8) is 0 Å². The molecule has 1 N–H and O–H groups in total. The second-order valence-corrected chi connectivity index (χ2v) is 4.54. The SMILES string of the molecule is CNc1cc(-c2cc(C)ccn2)nc2ccccc12. The molecule has 0 fully saturated rings. The number of para-hydroxylation sites is 1. The normalized spacial score (nSPS) is 10.6. The third kappa shape index (κ3) is 2.15. The summed E-state index contributed by atoms with van der Waals surface area (Å²) in [4.78, 5) is 9.09. The van der Waals surface area contributed by atoms with Crippen LogP contribution < -0.4 is 5.32 Å². The summed E-state index contributed by atoms with van der Waals surface area (Å²) >= 11 is 0. The van der Waals surface area contributed by atoms with E-state index in [0.717, 1.165) is 28.0 Å². The molecule has 0 unspecified atom stereocenters. The van der Waals surface area contributed by atoms with Crippen molar-refractivity contribution in [3.8, 4) is 11.4 Å². The molecule has 0 saturated carbocycles. The van der Waals surface area contributed by atoms with Gasteiger partial charge in [0.15, 0.2) is 0 Å². The fraction of sp³-hybridized carbons (Fsp3) is 0.125. The molecule has 0 amide bonds. The predicted molar refractivity (Wildman–Crippen MR) is 79.3 cm³/mol. The summed E-state index contributed by atoms with van der Waals surface area (Å²) in [5, 5.41) is 4.35. The average molecular weight is 249 g/mol. The highest BCUT2D eigenvalue weighted by atomic mass is 14.8. The fourth-order valence-electron chi connectivity index (χ4n) is 2.19. The predicted octanol–water partition coefficient (Wildman–Crippen LogP) is 3.65. The number of nitrogens with one attached hydrogen (secondary N) is 1. The van der Waals surface area contributed by atoms with Gasteiger partial charge in [0, 0.05) is 24.3 Å². The van der Waals surface area contributed by atoms with Gasteiger partial charge in [-0.25, -0.2) is 4.98 Å². The van der Waals surface area contributed by atoms with Crippen LogP contribution in [0.5, 0.6) is 0 Å². The Morgan fingerprint density at radius 3 is 2.63 bits per heavy atom. The Hall–Kier alpha value is -2.42. The number of pyridine rings is 2. The number of rotatable bonds is 2. The maximum absolute atomic E-state index is 4.69. The monoisotopic (exact) mass is 249 g/mol. The van der Waals surface area contributed by atoms with E-state index in [-0.39, 0.29) is 0 Å². The summed E-state index contributed by atoms with van der Waals surface area (Å²) in [6, 6.07) is 14.2. The number of benzene rings is 1. The van der Waals surface area contributed by atoms with Gasteiger partial charge in [0.05, 0.1) is 16.9 Å². The molecule has 0 spiro atoms. The van der Waals surface area contributed by atoms with Gasteiger partial charge < -0.3 is 5.32 Å². The molecule has 3 rings (SSSR count). The van der Waals surface area contributed by atoms with Crippen LogP contribution in [0.1, 0.15) is 5.56 Å². The molecule has 2 heterocycles. The van der Waals surface area contributed by atoms with Gasteiger partial charge >= 0.3 is 0 Å². The molecular formula is C16H15N3. The summed E-state index contributed by atoms with van der Waals surface area (Å²) in [6.07, 6.45) is 1.82. The molecule has 0 aliphatic carbocycles. The van der Waals surface area contributed by atoms with Crippen molar-refractivity contribution in [1.29, 1.82) is 0 Å². The first-order chi connectivity index (χ1) is 9.28. The smallest absolute Gasteiger partial charge is 0.0914 e. The summed E-state index contributed by atoms with van der Waals surface area (Å²) in [6.45, 7) is 2.06. The van der Waals surface area contributed by atoms with Crippen molar-refractivity contribution >= 4 is 16.6 Å². The summed E-state index contributed by atoms with van der Waals surface area (Å²) in [7, 11) is 1.93. The summed E-state index contributed by atoms with van der Waals surface area (Å²) in [5.74, 6) is 0. The van der Waals surface area contributed by atoms with Crippen LogP contribution in [-0.2, 0) is 0 Å². The Bertz CT molecular complexity index is 735. The lowest BCUT2D eigenvalue weighted by Gasteiger charge is -2.09. The molecule has 3 heteroatoms. The van der Waals surface area contributed by atoms with E-state index >= 15 is 0 Å². The Labute approximate surface area is 112 Å². The number of aryl methyl sites for hydroxylation is 1. The van der Waals surface area contributed by atoms with Crippen LogP contribution in [0.25, 0.3) is 22.3 Å². The molecule has 0 atom stereocenters. The third-order valence-corrected chi connectivity index (χ3v) is 3.16. The van der Waals surface area contributed by atoms with Crippen molar-refractivity contribution < 1.29 is 0 Å². The molecule has 1 aromatic carbocycles. The van der Waals surface area contributed by atoms with Gasteiger partial charge in [-0.05, 0) is 36.8 Å². The maximum atomic E-state index is 4.69. The van der Waals surface area contributed by atoms with Crippen LogP contribution in [0.15, 0.2) is 48.7 Å². The van der Waals surface area contributed by atoms with E-state index in [1.807, 2.05) is 43.6 Å². The van der Waals surface area contributed by atoms with E-state index < -0.39 is 0 Å². The summed E-state index contributed by atoms with van der Waals surface area (Å²) < 4.78 is 0. The zero-order chi connectivity index (χ0) is 13.2. The number of anilines is 1. The molecule has 0 aliphatic heterocycles.